The van der Waals surface area contributed by atoms with Gasteiger partial charge in [0.1, 0.15) is 11.7 Å². The zero-order chi connectivity index (χ0) is 18.6. The first-order chi connectivity index (χ1) is 11.8. The average Bonchev–Trinajstić information content (AvgIpc) is 2.59. The summed E-state index contributed by atoms with van der Waals surface area (Å²) in [5.41, 5.74) is 7.01. The Kier molecular flexibility index (Phi) is 6.05. The van der Waals surface area contributed by atoms with Crippen molar-refractivity contribution in [2.24, 2.45) is 5.73 Å². The fourth-order valence-corrected chi connectivity index (χ4v) is 3.45. The molecule has 0 saturated carbocycles. The summed E-state index contributed by atoms with van der Waals surface area (Å²) in [6.45, 7) is 1.68. The van der Waals surface area contributed by atoms with E-state index in [0.717, 1.165) is 0 Å². The highest BCUT2D eigenvalue weighted by molar-refractivity contribution is 8.00. The summed E-state index contributed by atoms with van der Waals surface area (Å²) in [6.07, 6.45) is 0. The first-order valence-corrected chi connectivity index (χ1v) is 8.51. The molecule has 25 heavy (non-hydrogen) atoms. The summed E-state index contributed by atoms with van der Waals surface area (Å²) in [6, 6.07) is 5.91. The van der Waals surface area contributed by atoms with Crippen LogP contribution in [0, 0.1) is 0 Å². The van der Waals surface area contributed by atoms with Crippen molar-refractivity contribution in [1.29, 1.82) is 0 Å². The third kappa shape index (κ3) is 4.52. The van der Waals surface area contributed by atoms with Crippen molar-refractivity contribution >= 4 is 29.6 Å². The number of rotatable bonds is 6. The fourth-order valence-electron chi connectivity index (χ4n) is 2.34. The second-order valence-corrected chi connectivity index (χ2v) is 6.68. The lowest BCUT2D eigenvalue weighted by atomic mass is 10.1. The van der Waals surface area contributed by atoms with Crippen LogP contribution in [0.15, 0.2) is 41.6 Å². The summed E-state index contributed by atoms with van der Waals surface area (Å²) in [4.78, 5) is 35.0. The van der Waals surface area contributed by atoms with E-state index in [0.29, 0.717) is 16.9 Å². The summed E-state index contributed by atoms with van der Waals surface area (Å²) in [5.74, 6) is -2.59. The molecule has 2 rings (SSSR count). The van der Waals surface area contributed by atoms with E-state index in [9.17, 15) is 19.5 Å². The first kappa shape index (κ1) is 18.8. The topological polar surface area (TPSA) is 142 Å². The average molecular weight is 365 g/mol. The van der Waals surface area contributed by atoms with Crippen LogP contribution in [0.3, 0.4) is 0 Å². The van der Waals surface area contributed by atoms with Crippen molar-refractivity contribution in [3.05, 3.63) is 47.2 Å². The van der Waals surface area contributed by atoms with Crippen LogP contribution in [0.2, 0.25) is 0 Å². The zero-order valence-corrected chi connectivity index (χ0v) is 14.2. The Hall–Kier alpha value is -2.52. The first-order valence-electron chi connectivity index (χ1n) is 7.46. The number of benzene rings is 1. The third-order valence-electron chi connectivity index (χ3n) is 3.70. The molecule has 1 aliphatic rings. The minimum Gasteiger partial charge on any atom is -0.479 e. The van der Waals surface area contributed by atoms with Gasteiger partial charge in [-0.1, -0.05) is 30.3 Å². The number of carboxylic acid groups (broad SMARTS) is 2. The molecule has 0 aromatic heterocycles. The number of nitrogens with two attached hydrogens (primary N) is 1. The van der Waals surface area contributed by atoms with Gasteiger partial charge in [-0.2, -0.15) is 0 Å². The van der Waals surface area contributed by atoms with E-state index >= 15 is 0 Å². The Morgan fingerprint density at radius 2 is 1.92 bits per heavy atom. The molecule has 0 bridgehead atoms. The summed E-state index contributed by atoms with van der Waals surface area (Å²) in [5, 5.41) is 23.0. The van der Waals surface area contributed by atoms with Crippen molar-refractivity contribution in [3.63, 3.8) is 0 Å². The number of nitrogens with one attached hydrogen (secondary N) is 2. The highest BCUT2D eigenvalue weighted by Gasteiger charge is 2.33. The number of carbonyl (C=O) groups is 3. The molecule has 6 N–H and O–H groups in total. The number of hydrogen-bond acceptors (Lipinski definition) is 6. The number of hydrogen-bond donors (Lipinski definition) is 5. The molecule has 3 unspecified atom stereocenters. The van der Waals surface area contributed by atoms with Crippen LogP contribution in [0.5, 0.6) is 0 Å². The second kappa shape index (κ2) is 8.04. The van der Waals surface area contributed by atoms with Crippen LogP contribution >= 0.6 is 11.8 Å². The van der Waals surface area contributed by atoms with Crippen LogP contribution in [-0.2, 0) is 14.4 Å². The Balaban J connectivity index is 2.09. The maximum Gasteiger partial charge on any atom is 0.351 e. The van der Waals surface area contributed by atoms with Gasteiger partial charge in [-0.15, -0.1) is 11.8 Å². The van der Waals surface area contributed by atoms with Crippen molar-refractivity contribution in [1.82, 2.24) is 10.6 Å². The molecule has 0 radical (unpaired) electrons. The lowest BCUT2D eigenvalue weighted by molar-refractivity contribution is -0.142. The van der Waals surface area contributed by atoms with E-state index in [1.807, 2.05) is 0 Å². The largest absolute Gasteiger partial charge is 0.479 e. The molecule has 3 atom stereocenters. The molecule has 0 aliphatic carbocycles. The standard InChI is InChI=1S/C16H19N3O5S/c1-8-7-25-14(19-11(8)15(21)22)10(17)13(20)18-12(16(23)24)9-5-3-2-4-6-9/h2-6,10,12,14,19H,7,17H2,1H3,(H,18,20)(H,21,22)(H,23,24). The van der Waals surface area contributed by atoms with E-state index in [1.54, 1.807) is 37.3 Å². The number of carboxylic acids is 2. The van der Waals surface area contributed by atoms with Crippen molar-refractivity contribution < 1.29 is 24.6 Å². The van der Waals surface area contributed by atoms with Gasteiger partial charge in [0, 0.05) is 5.75 Å². The molecule has 1 amide bonds. The van der Waals surface area contributed by atoms with Gasteiger partial charge < -0.3 is 26.6 Å². The van der Waals surface area contributed by atoms with Gasteiger partial charge in [0.2, 0.25) is 5.91 Å². The van der Waals surface area contributed by atoms with Gasteiger partial charge in [-0.25, -0.2) is 9.59 Å². The van der Waals surface area contributed by atoms with Crippen LogP contribution in [-0.4, -0.2) is 45.2 Å². The van der Waals surface area contributed by atoms with Crippen LogP contribution in [0.1, 0.15) is 18.5 Å². The minimum atomic E-state index is -1.23. The normalized spacial score (nSPS) is 19.5. The van der Waals surface area contributed by atoms with Crippen LogP contribution in [0.25, 0.3) is 0 Å². The smallest absolute Gasteiger partial charge is 0.351 e. The lowest BCUT2D eigenvalue weighted by Crippen LogP contribution is -2.55. The van der Waals surface area contributed by atoms with Crippen LogP contribution in [0.4, 0.5) is 0 Å². The molecular weight excluding hydrogens is 346 g/mol. The Morgan fingerprint density at radius 3 is 2.48 bits per heavy atom. The van der Waals surface area contributed by atoms with Crippen molar-refractivity contribution in [3.8, 4) is 0 Å². The highest BCUT2D eigenvalue weighted by atomic mass is 32.2. The predicted molar refractivity (Wildman–Crippen MR) is 92.7 cm³/mol. The lowest BCUT2D eigenvalue weighted by Gasteiger charge is -2.30. The molecule has 1 aromatic carbocycles. The van der Waals surface area contributed by atoms with Gasteiger partial charge in [0.25, 0.3) is 0 Å². The third-order valence-corrected chi connectivity index (χ3v) is 5.07. The van der Waals surface area contributed by atoms with Crippen molar-refractivity contribution in [2.45, 2.75) is 24.4 Å². The van der Waals surface area contributed by atoms with Gasteiger partial charge >= 0.3 is 11.9 Å². The Bertz CT molecular complexity index is 707. The van der Waals surface area contributed by atoms with Gasteiger partial charge in [0.05, 0.1) is 5.37 Å². The molecule has 1 aliphatic heterocycles. The molecular formula is C16H19N3O5S. The minimum absolute atomic E-state index is 0.0184. The monoisotopic (exact) mass is 365 g/mol. The molecule has 0 spiro atoms. The van der Waals surface area contributed by atoms with Gasteiger partial charge in [0.15, 0.2) is 6.04 Å². The SMILES string of the molecule is CC1=C(C(=O)O)NC(C(N)C(=O)NC(C(=O)O)c2ccccc2)SC1. The van der Waals surface area contributed by atoms with E-state index in [2.05, 4.69) is 10.6 Å². The number of carbonyl (C=O) groups excluding carboxylic acids is 1. The maximum absolute atomic E-state index is 12.4. The van der Waals surface area contributed by atoms with E-state index < -0.39 is 35.3 Å². The van der Waals surface area contributed by atoms with E-state index in [4.69, 9.17) is 10.8 Å². The molecule has 134 valence electrons. The zero-order valence-electron chi connectivity index (χ0n) is 13.4. The molecule has 0 saturated heterocycles. The van der Waals surface area contributed by atoms with Crippen molar-refractivity contribution in [2.75, 3.05) is 5.75 Å². The Labute approximate surface area is 148 Å². The highest BCUT2D eigenvalue weighted by Crippen LogP contribution is 2.24. The summed E-state index contributed by atoms with van der Waals surface area (Å²) >= 11 is 1.29. The van der Waals surface area contributed by atoms with E-state index in [1.165, 1.54) is 11.8 Å². The number of thioether (sulfide) groups is 1. The summed E-state index contributed by atoms with van der Waals surface area (Å²) in [7, 11) is 0. The molecule has 9 heteroatoms. The number of aliphatic carboxylic acids is 2. The second-order valence-electron chi connectivity index (χ2n) is 5.55. The quantitative estimate of drug-likeness (QED) is 0.484. The predicted octanol–water partition coefficient (Wildman–Crippen LogP) is 0.277. The summed E-state index contributed by atoms with van der Waals surface area (Å²) < 4.78 is 0. The fraction of sp³-hybridized carbons (Fsp3) is 0.312. The molecule has 8 nitrogen and oxygen atoms in total. The van der Waals surface area contributed by atoms with Gasteiger partial charge in [-0.05, 0) is 18.1 Å². The van der Waals surface area contributed by atoms with E-state index in [-0.39, 0.29) is 5.70 Å². The van der Waals surface area contributed by atoms with Gasteiger partial charge in [-0.3, -0.25) is 4.79 Å². The number of amides is 1. The molecule has 1 aromatic rings. The Morgan fingerprint density at radius 1 is 1.28 bits per heavy atom. The molecule has 1 heterocycles. The van der Waals surface area contributed by atoms with Crippen LogP contribution < -0.4 is 16.4 Å². The maximum atomic E-state index is 12.4. The molecule has 0 fully saturated rings.